The van der Waals surface area contributed by atoms with Crippen molar-refractivity contribution in [3.05, 3.63) is 52.9 Å². The van der Waals surface area contributed by atoms with Gasteiger partial charge in [0.05, 0.1) is 11.8 Å². The highest BCUT2D eigenvalue weighted by atomic mass is 16.5. The summed E-state index contributed by atoms with van der Waals surface area (Å²) in [7, 11) is 1.76. The maximum Gasteiger partial charge on any atom is 0.292 e. The molecule has 0 unspecified atom stereocenters. The Morgan fingerprint density at radius 3 is 2.88 bits per heavy atom. The van der Waals surface area contributed by atoms with Crippen LogP contribution in [-0.2, 0) is 11.2 Å². The number of methoxy groups -OCH3 is 1. The summed E-state index contributed by atoms with van der Waals surface area (Å²) in [5.41, 5.74) is 3.26. The summed E-state index contributed by atoms with van der Waals surface area (Å²) < 4.78 is 10.8. The summed E-state index contributed by atoms with van der Waals surface area (Å²) >= 11 is 0. The number of aromatic nitrogens is 1. The molecular weight excluding hydrogens is 304 g/mol. The molecule has 0 N–H and O–H groups in total. The third-order valence-corrected chi connectivity index (χ3v) is 4.67. The van der Waals surface area contributed by atoms with E-state index in [1.54, 1.807) is 13.2 Å². The van der Waals surface area contributed by atoms with Crippen molar-refractivity contribution in [1.29, 1.82) is 0 Å². The molecule has 1 aliphatic heterocycles. The van der Waals surface area contributed by atoms with Crippen molar-refractivity contribution in [1.82, 2.24) is 10.1 Å². The zero-order chi connectivity index (χ0) is 17.1. The van der Waals surface area contributed by atoms with Crippen LogP contribution in [0.2, 0.25) is 0 Å². The molecule has 5 heteroatoms. The highest BCUT2D eigenvalue weighted by molar-refractivity contribution is 5.91. The van der Waals surface area contributed by atoms with Gasteiger partial charge in [0.25, 0.3) is 5.91 Å². The van der Waals surface area contributed by atoms with Crippen LogP contribution < -0.4 is 0 Å². The number of nitrogens with zero attached hydrogens (tertiary/aromatic N) is 2. The van der Waals surface area contributed by atoms with Gasteiger partial charge in [0.1, 0.15) is 0 Å². The van der Waals surface area contributed by atoms with Gasteiger partial charge < -0.3 is 14.2 Å². The molecule has 0 bridgehead atoms. The molecule has 2 heterocycles. The summed E-state index contributed by atoms with van der Waals surface area (Å²) in [6, 6.07) is 10.2. The Kier molecular flexibility index (Phi) is 5.00. The van der Waals surface area contributed by atoms with Crippen LogP contribution in [0, 0.1) is 19.8 Å². The van der Waals surface area contributed by atoms with Crippen LogP contribution in [0.15, 0.2) is 34.9 Å². The Morgan fingerprint density at radius 2 is 2.21 bits per heavy atom. The van der Waals surface area contributed by atoms with Gasteiger partial charge in [-0.3, -0.25) is 4.79 Å². The number of likely N-dealkylation sites (tertiary alicyclic amines) is 1. The molecule has 1 aromatic carbocycles. The van der Waals surface area contributed by atoms with Gasteiger partial charge >= 0.3 is 0 Å². The summed E-state index contributed by atoms with van der Waals surface area (Å²) in [4.78, 5) is 14.5. The highest BCUT2D eigenvalue weighted by Crippen LogP contribution is 2.25. The molecule has 128 valence electrons. The largest absolute Gasteiger partial charge is 0.381 e. The standard InChI is InChI=1S/C19H24N2O3/c1-13-5-4-6-15(9-13)11-16-12-21(8-7-17(16)23-3)19(22)18-10-14(2)20-24-18/h4-6,9-10,16-17H,7-8,11-12H2,1-3H3/t16-,17+/m0/s1. The smallest absolute Gasteiger partial charge is 0.292 e. The quantitative estimate of drug-likeness (QED) is 0.866. The van der Waals surface area contributed by atoms with Crippen LogP contribution in [-0.4, -0.2) is 42.3 Å². The van der Waals surface area contributed by atoms with Gasteiger partial charge in [-0.1, -0.05) is 35.0 Å². The molecule has 1 fully saturated rings. The van der Waals surface area contributed by atoms with Crippen molar-refractivity contribution in [2.24, 2.45) is 5.92 Å². The summed E-state index contributed by atoms with van der Waals surface area (Å²) in [5.74, 6) is 0.510. The first-order valence-electron chi connectivity index (χ1n) is 8.37. The number of benzene rings is 1. The van der Waals surface area contributed by atoms with E-state index in [1.807, 2.05) is 11.8 Å². The number of amides is 1. The Labute approximate surface area is 142 Å². The van der Waals surface area contributed by atoms with Crippen molar-refractivity contribution in [2.75, 3.05) is 20.2 Å². The monoisotopic (exact) mass is 328 g/mol. The third-order valence-electron chi connectivity index (χ3n) is 4.67. The number of hydrogen-bond donors (Lipinski definition) is 0. The van der Waals surface area contributed by atoms with Crippen LogP contribution in [0.1, 0.15) is 33.8 Å². The fraction of sp³-hybridized carbons (Fsp3) is 0.474. The topological polar surface area (TPSA) is 55.6 Å². The zero-order valence-electron chi connectivity index (χ0n) is 14.5. The average Bonchev–Trinajstić information content (AvgIpc) is 3.00. The average molecular weight is 328 g/mol. The number of carbonyl (C=O) groups is 1. The molecular formula is C19H24N2O3. The number of ether oxygens (including phenoxy) is 1. The molecule has 24 heavy (non-hydrogen) atoms. The lowest BCUT2D eigenvalue weighted by Crippen LogP contribution is -2.47. The van der Waals surface area contributed by atoms with E-state index in [-0.39, 0.29) is 17.9 Å². The number of aryl methyl sites for hydroxylation is 2. The molecule has 0 radical (unpaired) electrons. The van der Waals surface area contributed by atoms with Crippen molar-refractivity contribution in [2.45, 2.75) is 32.8 Å². The van der Waals surface area contributed by atoms with E-state index in [2.05, 4.69) is 36.3 Å². The van der Waals surface area contributed by atoms with Crippen LogP contribution >= 0.6 is 0 Å². The first kappa shape index (κ1) is 16.7. The number of carbonyl (C=O) groups excluding carboxylic acids is 1. The van der Waals surface area contributed by atoms with E-state index in [4.69, 9.17) is 9.26 Å². The van der Waals surface area contributed by atoms with Gasteiger partial charge in [-0.15, -0.1) is 0 Å². The Morgan fingerprint density at radius 1 is 1.38 bits per heavy atom. The molecule has 1 aromatic heterocycles. The SMILES string of the molecule is CO[C@@H]1CCN(C(=O)c2cc(C)no2)C[C@@H]1Cc1cccc(C)c1. The molecule has 0 aliphatic carbocycles. The zero-order valence-corrected chi connectivity index (χ0v) is 14.5. The minimum absolute atomic E-state index is 0.0839. The van der Waals surface area contributed by atoms with Gasteiger partial charge in [-0.05, 0) is 32.3 Å². The molecule has 1 saturated heterocycles. The number of rotatable bonds is 4. The molecule has 2 aromatic rings. The summed E-state index contributed by atoms with van der Waals surface area (Å²) in [6.07, 6.45) is 1.91. The predicted octanol–water partition coefficient (Wildman–Crippen LogP) is 3.01. The van der Waals surface area contributed by atoms with Gasteiger partial charge in [0, 0.05) is 32.2 Å². The van der Waals surface area contributed by atoms with E-state index < -0.39 is 0 Å². The van der Waals surface area contributed by atoms with Gasteiger partial charge in [0.15, 0.2) is 0 Å². The Balaban J connectivity index is 1.73. The molecule has 0 spiro atoms. The van der Waals surface area contributed by atoms with Crippen molar-refractivity contribution < 1.29 is 14.1 Å². The van der Waals surface area contributed by atoms with Crippen molar-refractivity contribution in [3.8, 4) is 0 Å². The highest BCUT2D eigenvalue weighted by Gasteiger charge is 2.33. The minimum atomic E-state index is -0.0839. The van der Waals surface area contributed by atoms with Crippen molar-refractivity contribution >= 4 is 5.91 Å². The van der Waals surface area contributed by atoms with E-state index >= 15 is 0 Å². The maximum atomic E-state index is 12.6. The number of hydrogen-bond acceptors (Lipinski definition) is 4. The van der Waals surface area contributed by atoms with Crippen LogP contribution in [0.3, 0.4) is 0 Å². The molecule has 5 nitrogen and oxygen atoms in total. The predicted molar refractivity (Wildman–Crippen MR) is 90.9 cm³/mol. The molecule has 1 aliphatic rings. The van der Waals surface area contributed by atoms with Gasteiger partial charge in [-0.2, -0.15) is 0 Å². The van der Waals surface area contributed by atoms with E-state index in [9.17, 15) is 4.79 Å². The van der Waals surface area contributed by atoms with Gasteiger partial charge in [-0.25, -0.2) is 0 Å². The van der Waals surface area contributed by atoms with E-state index in [0.717, 1.165) is 18.5 Å². The van der Waals surface area contributed by atoms with Crippen LogP contribution in [0.25, 0.3) is 0 Å². The van der Waals surface area contributed by atoms with Crippen LogP contribution in [0.4, 0.5) is 0 Å². The molecule has 1 amide bonds. The first-order valence-corrected chi connectivity index (χ1v) is 8.37. The first-order chi connectivity index (χ1) is 11.6. The van der Waals surface area contributed by atoms with Gasteiger partial charge in [0.2, 0.25) is 5.76 Å². The molecule has 3 rings (SSSR count). The fourth-order valence-electron chi connectivity index (χ4n) is 3.46. The summed E-state index contributed by atoms with van der Waals surface area (Å²) in [5, 5.41) is 3.81. The van der Waals surface area contributed by atoms with Crippen molar-refractivity contribution in [3.63, 3.8) is 0 Å². The molecule has 0 saturated carbocycles. The second kappa shape index (κ2) is 7.18. The van der Waals surface area contributed by atoms with Crippen LogP contribution in [0.5, 0.6) is 0 Å². The van der Waals surface area contributed by atoms with E-state index in [0.29, 0.717) is 18.8 Å². The maximum absolute atomic E-state index is 12.6. The Bertz CT molecular complexity index is 710. The lowest BCUT2D eigenvalue weighted by Gasteiger charge is -2.37. The van der Waals surface area contributed by atoms with E-state index in [1.165, 1.54) is 11.1 Å². The molecule has 2 atom stereocenters. The minimum Gasteiger partial charge on any atom is -0.381 e. The Hall–Kier alpha value is -2.14. The normalized spacial score (nSPS) is 21.0. The number of piperidine rings is 1. The lowest BCUT2D eigenvalue weighted by atomic mass is 9.88. The third kappa shape index (κ3) is 3.67. The second-order valence-electron chi connectivity index (χ2n) is 6.60. The second-order valence-corrected chi connectivity index (χ2v) is 6.60. The summed E-state index contributed by atoms with van der Waals surface area (Å²) in [6.45, 7) is 5.27. The lowest BCUT2D eigenvalue weighted by molar-refractivity contribution is -0.00412. The fourth-order valence-corrected chi connectivity index (χ4v) is 3.46.